The molecule has 248 valence electrons. The number of carbonyl (C=O) groups is 1. The summed E-state index contributed by atoms with van der Waals surface area (Å²) in [6.07, 6.45) is 36.2. The van der Waals surface area contributed by atoms with Crippen molar-refractivity contribution in [1.82, 2.24) is 9.80 Å². The molecule has 0 amide bonds. The molecular weight excluding hydrogens is 520 g/mol. The number of rotatable bonds is 31. The van der Waals surface area contributed by atoms with Gasteiger partial charge >= 0.3 is 6.16 Å². The number of hydrogen-bond acceptors (Lipinski definition) is 5. The van der Waals surface area contributed by atoms with Gasteiger partial charge in [-0.25, -0.2) is 4.79 Å². The maximum atomic E-state index is 12.4. The molecule has 5 nitrogen and oxygen atoms in total. The van der Waals surface area contributed by atoms with Gasteiger partial charge in [-0.15, -0.1) is 0 Å². The highest BCUT2D eigenvalue weighted by molar-refractivity contribution is 5.60. The van der Waals surface area contributed by atoms with E-state index in [1.807, 2.05) is 0 Å². The van der Waals surface area contributed by atoms with Crippen LogP contribution in [0.2, 0.25) is 0 Å². The lowest BCUT2D eigenvalue weighted by Gasteiger charge is -2.20. The fraction of sp³-hybridized carbons (Fsp3) is 0.865. The Balaban J connectivity index is 4.12. The summed E-state index contributed by atoms with van der Waals surface area (Å²) in [4.78, 5) is 16.8. The van der Waals surface area contributed by atoms with Crippen molar-refractivity contribution in [3.8, 4) is 0 Å². The van der Waals surface area contributed by atoms with Crippen molar-refractivity contribution in [1.29, 1.82) is 0 Å². The Hall–Kier alpha value is -1.33. The number of ether oxygens (including phenoxy) is 2. The second-order valence-corrected chi connectivity index (χ2v) is 12.6. The highest BCUT2D eigenvalue weighted by Crippen LogP contribution is 2.18. The number of unbranched alkanes of at least 4 members (excludes halogenated alkanes) is 16. The molecule has 0 aromatic heterocycles. The van der Waals surface area contributed by atoms with Crippen molar-refractivity contribution >= 4 is 6.16 Å². The van der Waals surface area contributed by atoms with E-state index in [1.54, 1.807) is 0 Å². The van der Waals surface area contributed by atoms with E-state index in [0.29, 0.717) is 6.61 Å². The molecule has 0 aliphatic carbocycles. The van der Waals surface area contributed by atoms with Crippen LogP contribution in [0.15, 0.2) is 24.3 Å². The molecular formula is C37H72N2O3. The van der Waals surface area contributed by atoms with Gasteiger partial charge in [0.1, 0.15) is 12.7 Å². The van der Waals surface area contributed by atoms with E-state index in [0.717, 1.165) is 51.7 Å². The molecule has 0 N–H and O–H groups in total. The SMILES string of the molecule is CCCCC/C=C\C/C=C\CCCCCCCCC(CCCCCCCCCC)OC(=O)OCCN(C)CCN(C)C. The van der Waals surface area contributed by atoms with E-state index < -0.39 is 6.16 Å². The molecule has 0 aromatic carbocycles. The lowest BCUT2D eigenvalue weighted by atomic mass is 10.0. The van der Waals surface area contributed by atoms with Crippen molar-refractivity contribution in [2.24, 2.45) is 0 Å². The second-order valence-electron chi connectivity index (χ2n) is 12.6. The van der Waals surface area contributed by atoms with E-state index in [4.69, 9.17) is 9.47 Å². The van der Waals surface area contributed by atoms with Crippen LogP contribution in [0, 0.1) is 0 Å². The predicted octanol–water partition coefficient (Wildman–Crippen LogP) is 10.7. The minimum atomic E-state index is -0.486. The molecule has 0 fully saturated rings. The van der Waals surface area contributed by atoms with Crippen LogP contribution in [0.5, 0.6) is 0 Å². The zero-order valence-electron chi connectivity index (χ0n) is 28.9. The molecule has 0 aliphatic heterocycles. The normalized spacial score (nSPS) is 12.7. The largest absolute Gasteiger partial charge is 0.508 e. The summed E-state index contributed by atoms with van der Waals surface area (Å²) >= 11 is 0. The van der Waals surface area contributed by atoms with E-state index in [1.165, 1.54) is 109 Å². The van der Waals surface area contributed by atoms with Gasteiger partial charge in [0, 0.05) is 19.6 Å². The van der Waals surface area contributed by atoms with Crippen molar-refractivity contribution in [2.75, 3.05) is 47.4 Å². The van der Waals surface area contributed by atoms with Gasteiger partial charge in [0.05, 0.1) is 0 Å². The molecule has 0 aromatic rings. The average Bonchev–Trinajstić information content (AvgIpc) is 2.97. The molecule has 0 radical (unpaired) electrons. The summed E-state index contributed by atoms with van der Waals surface area (Å²) in [5.41, 5.74) is 0. The third-order valence-corrected chi connectivity index (χ3v) is 7.99. The van der Waals surface area contributed by atoms with E-state index >= 15 is 0 Å². The van der Waals surface area contributed by atoms with Crippen molar-refractivity contribution < 1.29 is 14.3 Å². The highest BCUT2D eigenvalue weighted by Gasteiger charge is 2.15. The zero-order valence-corrected chi connectivity index (χ0v) is 28.9. The molecule has 0 heterocycles. The second kappa shape index (κ2) is 32.6. The average molecular weight is 593 g/mol. The standard InChI is InChI=1S/C37H72N2O3/c1-6-8-10-12-14-16-17-18-19-20-21-22-23-25-27-29-31-36(30-28-26-24-15-13-11-9-7-2)42-37(40)41-35-34-39(5)33-32-38(3)4/h14,16,18-19,36H,6-13,15,17,20-35H2,1-5H3/b16-14-,19-18-. The lowest BCUT2D eigenvalue weighted by Crippen LogP contribution is -2.31. The molecule has 5 heteroatoms. The maximum Gasteiger partial charge on any atom is 0.508 e. The van der Waals surface area contributed by atoms with Crippen LogP contribution in [0.25, 0.3) is 0 Å². The third-order valence-electron chi connectivity index (χ3n) is 7.99. The van der Waals surface area contributed by atoms with E-state index in [9.17, 15) is 4.79 Å². The maximum absolute atomic E-state index is 12.4. The van der Waals surface area contributed by atoms with Crippen molar-refractivity contribution in [3.05, 3.63) is 24.3 Å². The summed E-state index contributed by atoms with van der Waals surface area (Å²) in [7, 11) is 6.21. The number of likely N-dealkylation sites (N-methyl/N-ethyl adjacent to an activating group) is 2. The molecule has 0 rings (SSSR count). The zero-order chi connectivity index (χ0) is 30.9. The third kappa shape index (κ3) is 31.6. The Morgan fingerprint density at radius 1 is 0.595 bits per heavy atom. The van der Waals surface area contributed by atoms with Gasteiger partial charge in [0.2, 0.25) is 0 Å². The first-order valence-corrected chi connectivity index (χ1v) is 18.0. The van der Waals surface area contributed by atoms with Gasteiger partial charge < -0.3 is 19.3 Å². The molecule has 0 saturated carbocycles. The molecule has 1 unspecified atom stereocenters. The Morgan fingerprint density at radius 2 is 1.07 bits per heavy atom. The first kappa shape index (κ1) is 40.7. The van der Waals surface area contributed by atoms with Gasteiger partial charge in [0.15, 0.2) is 0 Å². The minimum absolute atomic E-state index is 0.00473. The van der Waals surface area contributed by atoms with Gasteiger partial charge in [-0.3, -0.25) is 0 Å². The summed E-state index contributed by atoms with van der Waals surface area (Å²) in [5, 5.41) is 0. The van der Waals surface area contributed by atoms with Crippen molar-refractivity contribution in [3.63, 3.8) is 0 Å². The Labute approximate surface area is 262 Å². The molecule has 0 bridgehead atoms. The number of allylic oxidation sites excluding steroid dienone is 4. The molecule has 1 atom stereocenters. The van der Waals surface area contributed by atoms with Crippen LogP contribution < -0.4 is 0 Å². The number of carbonyl (C=O) groups excluding carboxylic acids is 1. The fourth-order valence-corrected chi connectivity index (χ4v) is 5.07. The van der Waals surface area contributed by atoms with Crippen LogP contribution in [-0.4, -0.2) is 69.4 Å². The Bertz CT molecular complexity index is 620. The van der Waals surface area contributed by atoms with Gasteiger partial charge in [0.25, 0.3) is 0 Å². The summed E-state index contributed by atoms with van der Waals surface area (Å²) in [5.74, 6) is 0. The summed E-state index contributed by atoms with van der Waals surface area (Å²) in [6.45, 7) is 7.60. The quantitative estimate of drug-likeness (QED) is 0.0455. The van der Waals surface area contributed by atoms with Crippen LogP contribution in [-0.2, 0) is 9.47 Å². The molecule has 0 saturated heterocycles. The summed E-state index contributed by atoms with van der Waals surface area (Å²) < 4.78 is 11.3. The minimum Gasteiger partial charge on any atom is -0.433 e. The van der Waals surface area contributed by atoms with Gasteiger partial charge in [-0.05, 0) is 78.9 Å². The predicted molar refractivity (Wildman–Crippen MR) is 183 cm³/mol. The molecule has 0 aliphatic rings. The summed E-state index contributed by atoms with van der Waals surface area (Å²) in [6, 6.07) is 0. The fourth-order valence-electron chi connectivity index (χ4n) is 5.07. The van der Waals surface area contributed by atoms with Gasteiger partial charge in [-0.1, -0.05) is 122 Å². The topological polar surface area (TPSA) is 42.0 Å². The van der Waals surface area contributed by atoms with Gasteiger partial charge in [-0.2, -0.15) is 0 Å². The highest BCUT2D eigenvalue weighted by atomic mass is 16.7. The van der Waals surface area contributed by atoms with Crippen LogP contribution in [0.3, 0.4) is 0 Å². The van der Waals surface area contributed by atoms with E-state index in [2.05, 4.69) is 69.1 Å². The Morgan fingerprint density at radius 3 is 1.62 bits per heavy atom. The first-order chi connectivity index (χ1) is 20.5. The smallest absolute Gasteiger partial charge is 0.433 e. The molecule has 42 heavy (non-hydrogen) atoms. The van der Waals surface area contributed by atoms with E-state index in [-0.39, 0.29) is 6.10 Å². The number of hydrogen-bond donors (Lipinski definition) is 0. The Kier molecular flexibility index (Phi) is 31.5. The molecule has 0 spiro atoms. The van der Waals surface area contributed by atoms with Crippen LogP contribution in [0.4, 0.5) is 4.79 Å². The van der Waals surface area contributed by atoms with Crippen molar-refractivity contribution in [2.45, 2.75) is 161 Å². The lowest BCUT2D eigenvalue weighted by molar-refractivity contribution is 0.0129. The monoisotopic (exact) mass is 593 g/mol. The van der Waals surface area contributed by atoms with Crippen LogP contribution in [0.1, 0.15) is 155 Å². The van der Waals surface area contributed by atoms with Crippen LogP contribution >= 0.6 is 0 Å². The number of nitrogens with zero attached hydrogens (tertiary/aromatic N) is 2. The first-order valence-electron chi connectivity index (χ1n) is 18.0.